The number of aromatic nitrogens is 3. The maximum atomic E-state index is 13.2. The minimum Gasteiger partial charge on any atom is -0.312 e. The number of anilines is 1. The zero-order valence-electron chi connectivity index (χ0n) is 11.2. The van der Waals surface area contributed by atoms with E-state index in [1.165, 1.54) is 28.0 Å². The molecule has 0 aliphatic rings. The molecule has 8 heteroatoms. The van der Waals surface area contributed by atoms with Crippen LogP contribution >= 0.6 is 12.6 Å². The molecule has 21 heavy (non-hydrogen) atoms. The van der Waals surface area contributed by atoms with Gasteiger partial charge in [-0.2, -0.15) is 17.7 Å². The van der Waals surface area contributed by atoms with E-state index in [9.17, 15) is 14.0 Å². The van der Waals surface area contributed by atoms with Gasteiger partial charge in [0.15, 0.2) is 6.29 Å². The number of carbonyl (C=O) groups excluding carboxylic acids is 2. The number of carbonyl (C=O) groups is 2. The number of rotatable bonds is 5. The molecule has 0 aliphatic heterocycles. The fraction of sp³-hybridized carbons (Fsp3) is 0.231. The van der Waals surface area contributed by atoms with Crippen molar-refractivity contribution in [3.63, 3.8) is 0 Å². The predicted molar refractivity (Wildman–Crippen MR) is 78.6 cm³/mol. The third-order valence-corrected chi connectivity index (χ3v) is 3.07. The van der Waals surface area contributed by atoms with Crippen LogP contribution in [-0.4, -0.2) is 39.8 Å². The Morgan fingerprint density at radius 2 is 2.29 bits per heavy atom. The van der Waals surface area contributed by atoms with Crippen LogP contribution in [0.4, 0.5) is 10.1 Å². The molecular weight excluding hydrogens is 295 g/mol. The first kappa shape index (κ1) is 15.2. The number of nitrogens with zero attached hydrogens (tertiary/aromatic N) is 4. The first-order valence-corrected chi connectivity index (χ1v) is 6.73. The molecule has 0 atom stereocenters. The molecule has 6 nitrogen and oxygen atoms in total. The number of thiol groups is 1. The maximum Gasteiger partial charge on any atom is 0.227 e. The van der Waals surface area contributed by atoms with Gasteiger partial charge in [0.05, 0.1) is 30.0 Å². The van der Waals surface area contributed by atoms with Crippen molar-refractivity contribution in [2.45, 2.75) is 6.42 Å². The van der Waals surface area contributed by atoms with E-state index in [0.29, 0.717) is 23.4 Å². The average molecular weight is 308 g/mol. The smallest absolute Gasteiger partial charge is 0.227 e. The first-order chi connectivity index (χ1) is 10.1. The molecule has 0 radical (unpaired) electrons. The Morgan fingerprint density at radius 1 is 1.52 bits per heavy atom. The Balaban J connectivity index is 2.40. The lowest BCUT2D eigenvalue weighted by Crippen LogP contribution is -2.26. The number of hydrogen-bond acceptors (Lipinski definition) is 5. The predicted octanol–water partition coefficient (Wildman–Crippen LogP) is 1.50. The molecular formula is C13H13FN4O2S. The topological polar surface area (TPSA) is 68.1 Å². The molecule has 1 amide bonds. The standard InChI is InChI=1S/C13H13FN4O2S/c1-17(13(20)2-3-21)12-7-18(16-11(12)8-19)10-4-9(14)5-15-6-10/h4-8,21H,2-3H2,1H3. The molecule has 2 rings (SSSR count). The van der Waals surface area contributed by atoms with Crippen LogP contribution < -0.4 is 4.90 Å². The zero-order valence-corrected chi connectivity index (χ0v) is 12.1. The molecule has 0 fully saturated rings. The van der Waals surface area contributed by atoms with Crippen molar-refractivity contribution in [2.24, 2.45) is 0 Å². The van der Waals surface area contributed by atoms with Crippen molar-refractivity contribution in [3.8, 4) is 5.69 Å². The molecule has 0 bridgehead atoms. The van der Waals surface area contributed by atoms with Crippen LogP contribution in [0.25, 0.3) is 5.69 Å². The summed E-state index contributed by atoms with van der Waals surface area (Å²) in [7, 11) is 1.55. The molecule has 2 heterocycles. The molecule has 0 aliphatic carbocycles. The second-order valence-electron chi connectivity index (χ2n) is 4.25. The summed E-state index contributed by atoms with van der Waals surface area (Å²) >= 11 is 4.00. The first-order valence-electron chi connectivity index (χ1n) is 6.10. The van der Waals surface area contributed by atoms with Gasteiger partial charge in [0.2, 0.25) is 5.91 Å². The van der Waals surface area contributed by atoms with Crippen molar-refractivity contribution in [1.82, 2.24) is 14.8 Å². The van der Waals surface area contributed by atoms with Gasteiger partial charge >= 0.3 is 0 Å². The van der Waals surface area contributed by atoms with E-state index in [0.717, 1.165) is 6.20 Å². The quantitative estimate of drug-likeness (QED) is 0.671. The SMILES string of the molecule is CN(C(=O)CCS)c1cn(-c2cncc(F)c2)nc1C=O. The van der Waals surface area contributed by atoms with Gasteiger partial charge < -0.3 is 4.90 Å². The van der Waals surface area contributed by atoms with Crippen molar-refractivity contribution < 1.29 is 14.0 Å². The number of aldehydes is 1. The molecule has 2 aromatic rings. The van der Waals surface area contributed by atoms with Crippen LogP contribution in [0.3, 0.4) is 0 Å². The van der Waals surface area contributed by atoms with Gasteiger partial charge in [0, 0.05) is 19.5 Å². The summed E-state index contributed by atoms with van der Waals surface area (Å²) in [5.41, 5.74) is 0.801. The van der Waals surface area contributed by atoms with Crippen LogP contribution in [0, 0.1) is 5.82 Å². The summed E-state index contributed by atoms with van der Waals surface area (Å²) in [5.74, 6) is -0.302. The van der Waals surface area contributed by atoms with E-state index in [1.54, 1.807) is 7.05 Å². The highest BCUT2D eigenvalue weighted by molar-refractivity contribution is 7.80. The Labute approximate surface area is 126 Å². The molecule has 0 unspecified atom stereocenters. The molecule has 2 aromatic heterocycles. The largest absolute Gasteiger partial charge is 0.312 e. The Morgan fingerprint density at radius 3 is 2.90 bits per heavy atom. The van der Waals surface area contributed by atoms with Crippen LogP contribution in [0.1, 0.15) is 16.9 Å². The lowest BCUT2D eigenvalue weighted by atomic mass is 10.3. The van der Waals surface area contributed by atoms with Gasteiger partial charge in [-0.3, -0.25) is 14.6 Å². The van der Waals surface area contributed by atoms with E-state index in [4.69, 9.17) is 0 Å². The second-order valence-corrected chi connectivity index (χ2v) is 4.70. The Kier molecular flexibility index (Phi) is 4.69. The molecule has 0 saturated carbocycles. The van der Waals surface area contributed by atoms with Crippen molar-refractivity contribution in [3.05, 3.63) is 36.2 Å². The normalized spacial score (nSPS) is 10.4. The highest BCUT2D eigenvalue weighted by Gasteiger charge is 2.18. The summed E-state index contributed by atoms with van der Waals surface area (Å²) in [5, 5.41) is 4.03. The van der Waals surface area contributed by atoms with Crippen LogP contribution in [0.5, 0.6) is 0 Å². The van der Waals surface area contributed by atoms with E-state index in [1.807, 2.05) is 0 Å². The van der Waals surface area contributed by atoms with Gasteiger partial charge in [-0.15, -0.1) is 0 Å². The summed E-state index contributed by atoms with van der Waals surface area (Å²) in [6, 6.07) is 1.23. The van der Waals surface area contributed by atoms with Gasteiger partial charge in [-0.25, -0.2) is 9.07 Å². The third-order valence-electron chi connectivity index (χ3n) is 2.85. The molecule has 110 valence electrons. The highest BCUT2D eigenvalue weighted by atomic mass is 32.1. The van der Waals surface area contributed by atoms with E-state index in [2.05, 4.69) is 22.7 Å². The van der Waals surface area contributed by atoms with Gasteiger partial charge in [-0.1, -0.05) is 0 Å². The summed E-state index contributed by atoms with van der Waals surface area (Å²) in [6.45, 7) is 0. The van der Waals surface area contributed by atoms with E-state index >= 15 is 0 Å². The summed E-state index contributed by atoms with van der Waals surface area (Å²) < 4.78 is 14.5. The number of pyridine rings is 1. The van der Waals surface area contributed by atoms with E-state index in [-0.39, 0.29) is 18.0 Å². The summed E-state index contributed by atoms with van der Waals surface area (Å²) in [6.07, 6.45) is 4.74. The molecule has 0 spiro atoms. The molecule has 0 aromatic carbocycles. The second kappa shape index (κ2) is 6.49. The Bertz CT molecular complexity index is 674. The van der Waals surface area contributed by atoms with E-state index < -0.39 is 5.82 Å². The monoisotopic (exact) mass is 308 g/mol. The van der Waals surface area contributed by atoms with Crippen LogP contribution in [0.15, 0.2) is 24.7 Å². The minimum absolute atomic E-state index is 0.0919. The van der Waals surface area contributed by atoms with Crippen molar-refractivity contribution in [2.75, 3.05) is 17.7 Å². The summed E-state index contributed by atoms with van der Waals surface area (Å²) in [4.78, 5) is 28.0. The number of halogens is 1. The Hall–Kier alpha value is -2.22. The third kappa shape index (κ3) is 3.27. The maximum absolute atomic E-state index is 13.2. The lowest BCUT2D eigenvalue weighted by Gasteiger charge is -2.14. The number of hydrogen-bond donors (Lipinski definition) is 1. The van der Waals surface area contributed by atoms with Crippen LogP contribution in [0.2, 0.25) is 0 Å². The molecule has 0 saturated heterocycles. The van der Waals surface area contributed by atoms with Crippen LogP contribution in [-0.2, 0) is 4.79 Å². The van der Waals surface area contributed by atoms with Gasteiger partial charge in [-0.05, 0) is 5.75 Å². The lowest BCUT2D eigenvalue weighted by molar-refractivity contribution is -0.117. The molecule has 0 N–H and O–H groups in total. The van der Waals surface area contributed by atoms with Crippen molar-refractivity contribution in [1.29, 1.82) is 0 Å². The number of amides is 1. The fourth-order valence-electron chi connectivity index (χ4n) is 1.78. The van der Waals surface area contributed by atoms with Gasteiger partial charge in [0.1, 0.15) is 11.5 Å². The highest BCUT2D eigenvalue weighted by Crippen LogP contribution is 2.20. The minimum atomic E-state index is -0.517. The van der Waals surface area contributed by atoms with Gasteiger partial charge in [0.25, 0.3) is 0 Å². The van der Waals surface area contributed by atoms with Crippen molar-refractivity contribution >= 4 is 30.5 Å². The fourth-order valence-corrected chi connectivity index (χ4v) is 1.97. The average Bonchev–Trinajstić information content (AvgIpc) is 2.91. The zero-order chi connectivity index (χ0) is 15.4.